The zero-order valence-electron chi connectivity index (χ0n) is 14.3. The summed E-state index contributed by atoms with van der Waals surface area (Å²) >= 11 is 0. The Morgan fingerprint density at radius 3 is 2.88 bits per heavy atom. The first kappa shape index (κ1) is 17.9. The summed E-state index contributed by atoms with van der Waals surface area (Å²) in [5.74, 6) is 0.457. The highest BCUT2D eigenvalue weighted by Crippen LogP contribution is 2.27. The van der Waals surface area contributed by atoms with Crippen LogP contribution in [0, 0.1) is 0 Å². The molecule has 0 bridgehead atoms. The quantitative estimate of drug-likeness (QED) is 0.636. The van der Waals surface area contributed by atoms with E-state index in [9.17, 15) is 13.2 Å². The van der Waals surface area contributed by atoms with E-state index in [1.807, 2.05) is 0 Å². The number of carbonyl (C=O) groups is 1. The SMILES string of the molecule is CS(=O)(=O)c1cnc(NCCN2CCNC2=O)nc1[C@H]1CCCNC1. The molecule has 0 aromatic carbocycles. The molecule has 0 unspecified atom stereocenters. The fraction of sp³-hybridized carbons (Fsp3) is 0.667. The largest absolute Gasteiger partial charge is 0.352 e. The summed E-state index contributed by atoms with van der Waals surface area (Å²) in [4.78, 5) is 22.1. The third kappa shape index (κ3) is 4.37. The van der Waals surface area contributed by atoms with Crippen LogP contribution in [-0.2, 0) is 9.84 Å². The Morgan fingerprint density at radius 1 is 1.40 bits per heavy atom. The van der Waals surface area contributed by atoms with Crippen LogP contribution in [0.1, 0.15) is 24.5 Å². The molecule has 1 aromatic heterocycles. The Kier molecular flexibility index (Phi) is 5.38. The first-order valence-electron chi connectivity index (χ1n) is 8.49. The van der Waals surface area contributed by atoms with E-state index in [-0.39, 0.29) is 16.8 Å². The van der Waals surface area contributed by atoms with E-state index >= 15 is 0 Å². The maximum absolute atomic E-state index is 12.1. The van der Waals surface area contributed by atoms with Gasteiger partial charge in [-0.3, -0.25) is 0 Å². The number of nitrogens with one attached hydrogen (secondary N) is 3. The summed E-state index contributed by atoms with van der Waals surface area (Å²) in [7, 11) is -3.38. The van der Waals surface area contributed by atoms with Crippen LogP contribution in [0.2, 0.25) is 0 Å². The molecule has 0 saturated carbocycles. The van der Waals surface area contributed by atoms with Crippen LogP contribution in [0.25, 0.3) is 0 Å². The maximum atomic E-state index is 12.1. The molecule has 9 nitrogen and oxygen atoms in total. The van der Waals surface area contributed by atoms with E-state index in [2.05, 4.69) is 25.9 Å². The lowest BCUT2D eigenvalue weighted by Crippen LogP contribution is -2.33. The number of piperidine rings is 1. The number of aromatic nitrogens is 2. The van der Waals surface area contributed by atoms with Crippen molar-refractivity contribution in [1.29, 1.82) is 0 Å². The zero-order valence-corrected chi connectivity index (χ0v) is 15.1. The standard InChI is InChI=1S/C15H24N6O3S/c1-25(23,24)12-10-19-14(17-5-7-21-8-6-18-15(21)22)20-13(12)11-3-2-4-16-9-11/h10-11,16H,2-9H2,1H3,(H,18,22)(H,17,19,20)/t11-/m0/s1. The Morgan fingerprint density at radius 2 is 2.24 bits per heavy atom. The van der Waals surface area contributed by atoms with Crippen LogP contribution in [-0.4, -0.2) is 74.8 Å². The van der Waals surface area contributed by atoms with Gasteiger partial charge in [-0.25, -0.2) is 23.2 Å². The summed E-state index contributed by atoms with van der Waals surface area (Å²) in [6.07, 6.45) is 4.46. The van der Waals surface area contributed by atoms with Gasteiger partial charge in [0.1, 0.15) is 4.90 Å². The number of sulfone groups is 1. The van der Waals surface area contributed by atoms with Crippen LogP contribution in [0.15, 0.2) is 11.1 Å². The van der Waals surface area contributed by atoms with E-state index in [0.717, 1.165) is 19.4 Å². The molecule has 2 saturated heterocycles. The van der Waals surface area contributed by atoms with Gasteiger partial charge in [0.25, 0.3) is 0 Å². The average Bonchev–Trinajstić information content (AvgIpc) is 3.00. The van der Waals surface area contributed by atoms with Gasteiger partial charge in [0.2, 0.25) is 5.95 Å². The molecule has 3 heterocycles. The summed E-state index contributed by atoms with van der Waals surface area (Å²) in [5.41, 5.74) is 0.575. The minimum absolute atomic E-state index is 0.0615. The highest BCUT2D eigenvalue weighted by molar-refractivity contribution is 7.90. The Hall–Kier alpha value is -1.94. The van der Waals surface area contributed by atoms with Crippen molar-refractivity contribution in [3.63, 3.8) is 0 Å². The van der Waals surface area contributed by atoms with Crippen molar-refractivity contribution < 1.29 is 13.2 Å². The van der Waals surface area contributed by atoms with Gasteiger partial charge in [0.15, 0.2) is 9.84 Å². The van der Waals surface area contributed by atoms with Crippen molar-refractivity contribution in [2.24, 2.45) is 0 Å². The van der Waals surface area contributed by atoms with E-state index in [1.165, 1.54) is 12.5 Å². The number of hydrogen-bond acceptors (Lipinski definition) is 7. The van der Waals surface area contributed by atoms with Crippen LogP contribution in [0.5, 0.6) is 0 Å². The van der Waals surface area contributed by atoms with E-state index < -0.39 is 9.84 Å². The molecule has 1 atom stereocenters. The number of amides is 2. The second-order valence-electron chi connectivity index (χ2n) is 6.40. The molecule has 25 heavy (non-hydrogen) atoms. The van der Waals surface area contributed by atoms with E-state index in [4.69, 9.17) is 0 Å². The first-order valence-corrected chi connectivity index (χ1v) is 10.4. The Labute approximate surface area is 147 Å². The molecule has 2 fully saturated rings. The van der Waals surface area contributed by atoms with Crippen LogP contribution in [0.4, 0.5) is 10.7 Å². The summed E-state index contributed by atoms with van der Waals surface area (Å²) < 4.78 is 24.1. The summed E-state index contributed by atoms with van der Waals surface area (Å²) in [6.45, 7) is 4.06. The van der Waals surface area contributed by atoms with Crippen LogP contribution < -0.4 is 16.0 Å². The molecule has 0 spiro atoms. The fourth-order valence-corrected chi connectivity index (χ4v) is 4.00. The number of anilines is 1. The lowest BCUT2D eigenvalue weighted by molar-refractivity contribution is 0.219. The van der Waals surface area contributed by atoms with Gasteiger partial charge >= 0.3 is 6.03 Å². The second kappa shape index (κ2) is 7.52. The van der Waals surface area contributed by atoms with Crippen molar-refractivity contribution in [3.05, 3.63) is 11.9 Å². The van der Waals surface area contributed by atoms with Crippen molar-refractivity contribution in [1.82, 2.24) is 25.5 Å². The molecule has 138 valence electrons. The van der Waals surface area contributed by atoms with Gasteiger partial charge in [-0.05, 0) is 19.4 Å². The molecule has 3 N–H and O–H groups in total. The van der Waals surface area contributed by atoms with Gasteiger partial charge in [-0.15, -0.1) is 0 Å². The topological polar surface area (TPSA) is 116 Å². The first-order chi connectivity index (χ1) is 11.9. The third-order valence-electron chi connectivity index (χ3n) is 4.48. The molecule has 2 aliphatic heterocycles. The monoisotopic (exact) mass is 368 g/mol. The molecule has 10 heteroatoms. The second-order valence-corrected chi connectivity index (χ2v) is 8.39. The van der Waals surface area contributed by atoms with Crippen LogP contribution >= 0.6 is 0 Å². The Bertz CT molecular complexity index is 733. The van der Waals surface area contributed by atoms with Gasteiger partial charge in [0, 0.05) is 44.9 Å². The number of nitrogens with zero attached hydrogens (tertiary/aromatic N) is 3. The lowest BCUT2D eigenvalue weighted by Gasteiger charge is -2.24. The molecular formula is C15H24N6O3S. The minimum Gasteiger partial charge on any atom is -0.352 e. The predicted octanol–water partition coefficient (Wildman–Crippen LogP) is -0.216. The number of urea groups is 1. The normalized spacial score (nSPS) is 21.2. The molecule has 2 amide bonds. The Balaban J connectivity index is 1.72. The highest BCUT2D eigenvalue weighted by Gasteiger charge is 2.25. The van der Waals surface area contributed by atoms with Crippen molar-refractivity contribution in [2.75, 3.05) is 50.8 Å². The van der Waals surface area contributed by atoms with E-state index in [1.54, 1.807) is 4.90 Å². The zero-order chi connectivity index (χ0) is 17.9. The van der Waals surface area contributed by atoms with Crippen molar-refractivity contribution in [2.45, 2.75) is 23.7 Å². The maximum Gasteiger partial charge on any atom is 0.317 e. The van der Waals surface area contributed by atoms with Gasteiger partial charge in [-0.2, -0.15) is 0 Å². The fourth-order valence-electron chi connectivity index (χ4n) is 3.16. The molecule has 0 aliphatic carbocycles. The molecule has 2 aliphatic rings. The van der Waals surface area contributed by atoms with Crippen molar-refractivity contribution >= 4 is 21.8 Å². The van der Waals surface area contributed by atoms with E-state index in [0.29, 0.717) is 44.4 Å². The minimum atomic E-state index is -3.38. The summed E-state index contributed by atoms with van der Waals surface area (Å²) in [5, 5.41) is 9.13. The number of rotatable bonds is 6. The van der Waals surface area contributed by atoms with Gasteiger partial charge in [-0.1, -0.05) is 0 Å². The highest BCUT2D eigenvalue weighted by atomic mass is 32.2. The molecule has 3 rings (SSSR count). The average molecular weight is 368 g/mol. The number of carbonyl (C=O) groups excluding carboxylic acids is 1. The van der Waals surface area contributed by atoms with Crippen LogP contribution in [0.3, 0.4) is 0 Å². The van der Waals surface area contributed by atoms with Gasteiger partial charge in [0.05, 0.1) is 11.9 Å². The smallest absolute Gasteiger partial charge is 0.317 e. The summed E-state index contributed by atoms with van der Waals surface area (Å²) in [6, 6.07) is -0.0656. The predicted molar refractivity (Wildman–Crippen MR) is 93.4 cm³/mol. The van der Waals surface area contributed by atoms with Crippen molar-refractivity contribution in [3.8, 4) is 0 Å². The number of hydrogen-bond donors (Lipinski definition) is 3. The van der Waals surface area contributed by atoms with Gasteiger partial charge < -0.3 is 20.9 Å². The third-order valence-corrected chi connectivity index (χ3v) is 5.59. The lowest BCUT2D eigenvalue weighted by atomic mass is 9.96. The molecular weight excluding hydrogens is 344 g/mol. The molecule has 1 aromatic rings. The molecule has 0 radical (unpaired) electrons.